The lowest BCUT2D eigenvalue weighted by molar-refractivity contribution is -0.149. The third-order valence-electron chi connectivity index (χ3n) is 5.50. The number of aliphatic hydroxyl groups excluding tert-OH is 1. The highest BCUT2D eigenvalue weighted by molar-refractivity contribution is 7.52. The van der Waals surface area contributed by atoms with Crippen molar-refractivity contribution in [1.82, 2.24) is 24.6 Å². The van der Waals surface area contributed by atoms with Gasteiger partial charge in [0, 0.05) is 0 Å². The van der Waals surface area contributed by atoms with Crippen molar-refractivity contribution < 1.29 is 37.4 Å². The van der Waals surface area contributed by atoms with Gasteiger partial charge in [0.05, 0.1) is 25.2 Å². The van der Waals surface area contributed by atoms with Crippen LogP contribution in [0.15, 0.2) is 42.9 Å². The molecule has 1 aliphatic rings. The van der Waals surface area contributed by atoms with E-state index in [1.54, 1.807) is 39.0 Å². The summed E-state index contributed by atoms with van der Waals surface area (Å²) < 4.78 is 52.4. The monoisotopic (exact) mass is 571 g/mol. The van der Waals surface area contributed by atoms with Gasteiger partial charge in [0.15, 0.2) is 11.9 Å². The van der Waals surface area contributed by atoms with E-state index in [2.05, 4.69) is 20.0 Å². The van der Waals surface area contributed by atoms with Crippen LogP contribution in [0, 0.1) is 6.92 Å². The highest BCUT2D eigenvalue weighted by Crippen LogP contribution is 2.49. The number of alkyl halides is 2. The van der Waals surface area contributed by atoms with Gasteiger partial charge in [0.2, 0.25) is 0 Å². The molecule has 1 aromatic carbocycles. The first-order chi connectivity index (χ1) is 17.9. The molecule has 0 bridgehead atoms. The van der Waals surface area contributed by atoms with Crippen molar-refractivity contribution in [2.24, 2.45) is 0 Å². The molecule has 3 aromatic rings. The first-order valence-electron chi connectivity index (χ1n) is 11.7. The Hall–Kier alpha value is -2.67. The highest BCUT2D eigenvalue weighted by atomic mass is 35.5. The number of fused-ring (bicyclic) bond motifs is 1. The molecule has 2 N–H and O–H groups in total. The standard InChI is InChI=1S/C23H28ClFN5O7P/c1-13(2)35-21(32)14(3)29-38(33,37-16-8-6-5-7-9-16)34-11-18-19(31)23(24,25)22(36-18)30-12-27-17-10-26-15(4)28-20(17)30/h5-10,12-14,18-19,22,31H,11H2,1-4H3,(H,29,33)/t14-,18+,19+,22+,23+,38+/m0/s1. The Labute approximate surface area is 223 Å². The van der Waals surface area contributed by atoms with Gasteiger partial charge in [-0.1, -0.05) is 29.8 Å². The second kappa shape index (κ2) is 11.2. The summed E-state index contributed by atoms with van der Waals surface area (Å²) >= 11 is 6.10. The van der Waals surface area contributed by atoms with Crippen LogP contribution >= 0.6 is 19.3 Å². The van der Waals surface area contributed by atoms with Gasteiger partial charge in [0.1, 0.15) is 35.3 Å². The maximum absolute atomic E-state index is 15.6. The Bertz CT molecular complexity index is 1330. The highest BCUT2D eigenvalue weighted by Gasteiger charge is 2.58. The molecule has 4 rings (SSSR count). The Morgan fingerprint density at radius 2 is 2.03 bits per heavy atom. The van der Waals surface area contributed by atoms with E-state index in [4.69, 9.17) is 30.1 Å². The number of ether oxygens (including phenoxy) is 2. The average Bonchev–Trinajstić information content (AvgIpc) is 3.35. The molecule has 2 aromatic heterocycles. The quantitative estimate of drug-likeness (QED) is 0.209. The summed E-state index contributed by atoms with van der Waals surface area (Å²) in [5, 5.41) is 10.4. The number of aromatic nitrogens is 4. The fraction of sp³-hybridized carbons (Fsp3) is 0.478. The fourth-order valence-corrected chi connectivity index (χ4v) is 5.49. The molecule has 0 amide bonds. The maximum Gasteiger partial charge on any atom is 0.459 e. The summed E-state index contributed by atoms with van der Waals surface area (Å²) in [7, 11) is -4.29. The summed E-state index contributed by atoms with van der Waals surface area (Å²) in [5.74, 6) is -0.104. The van der Waals surface area contributed by atoms with Gasteiger partial charge in [-0.25, -0.2) is 23.9 Å². The van der Waals surface area contributed by atoms with Crippen LogP contribution < -0.4 is 9.61 Å². The lowest BCUT2D eigenvalue weighted by atomic mass is 10.1. The van der Waals surface area contributed by atoms with Crippen LogP contribution in [0.4, 0.5) is 4.39 Å². The maximum atomic E-state index is 15.6. The zero-order chi connectivity index (χ0) is 27.7. The van der Waals surface area contributed by atoms with Crippen molar-refractivity contribution in [2.75, 3.05) is 6.61 Å². The van der Waals surface area contributed by atoms with Crippen LogP contribution in [-0.4, -0.2) is 66.7 Å². The minimum absolute atomic E-state index is 0.177. The number of imidazole rings is 1. The molecule has 0 aliphatic carbocycles. The van der Waals surface area contributed by atoms with E-state index in [0.717, 1.165) is 0 Å². The van der Waals surface area contributed by atoms with Gasteiger partial charge in [-0.2, -0.15) is 5.09 Å². The Morgan fingerprint density at radius 1 is 1.32 bits per heavy atom. The van der Waals surface area contributed by atoms with Crippen molar-refractivity contribution in [3.8, 4) is 5.75 Å². The van der Waals surface area contributed by atoms with Crippen molar-refractivity contribution >= 4 is 36.5 Å². The molecule has 1 fully saturated rings. The summed E-state index contributed by atoms with van der Waals surface area (Å²) in [6.07, 6.45) is -2.50. The largest absolute Gasteiger partial charge is 0.462 e. The van der Waals surface area contributed by atoms with Crippen LogP contribution in [0.5, 0.6) is 5.75 Å². The van der Waals surface area contributed by atoms with Gasteiger partial charge in [-0.15, -0.1) is 0 Å². The predicted octanol–water partition coefficient (Wildman–Crippen LogP) is 3.43. The molecule has 0 spiro atoms. The van der Waals surface area contributed by atoms with E-state index in [-0.39, 0.29) is 11.4 Å². The second-order valence-corrected chi connectivity index (χ2v) is 11.2. The van der Waals surface area contributed by atoms with E-state index >= 15 is 4.39 Å². The Kier molecular flexibility index (Phi) is 8.36. The molecule has 0 unspecified atom stereocenters. The normalized spacial score (nSPS) is 25.8. The number of para-hydroxylation sites is 1. The number of benzene rings is 1. The molecule has 0 radical (unpaired) electrons. The second-order valence-electron chi connectivity index (χ2n) is 8.96. The smallest absolute Gasteiger partial charge is 0.459 e. The molecule has 206 valence electrons. The molecular weight excluding hydrogens is 544 g/mol. The van der Waals surface area contributed by atoms with E-state index in [0.29, 0.717) is 11.3 Å². The first kappa shape index (κ1) is 28.3. The first-order valence-corrected chi connectivity index (χ1v) is 13.7. The SMILES string of the molecule is Cc1ncc2ncn([C@@H]3O[C@H](CO[P@](=O)(N[C@@H](C)C(=O)OC(C)C)Oc4ccccc4)[C@@H](O)[C@]3(F)Cl)c2n1. The van der Waals surface area contributed by atoms with Crippen LogP contribution in [0.3, 0.4) is 0 Å². The number of carbonyl (C=O) groups is 1. The van der Waals surface area contributed by atoms with Crippen molar-refractivity contribution in [3.63, 3.8) is 0 Å². The molecule has 3 heterocycles. The number of nitrogens with zero attached hydrogens (tertiary/aromatic N) is 4. The third kappa shape index (κ3) is 6.14. The summed E-state index contributed by atoms with van der Waals surface area (Å²) in [5.41, 5.74) is 0.615. The third-order valence-corrected chi connectivity index (χ3v) is 7.56. The van der Waals surface area contributed by atoms with Gasteiger partial charge in [-0.3, -0.25) is 13.9 Å². The van der Waals surface area contributed by atoms with E-state index in [1.165, 1.54) is 36.1 Å². The number of carbonyl (C=O) groups excluding carboxylic acids is 1. The molecule has 38 heavy (non-hydrogen) atoms. The summed E-state index contributed by atoms with van der Waals surface area (Å²) in [6, 6.07) is 7.00. The van der Waals surface area contributed by atoms with E-state index in [1.807, 2.05) is 0 Å². The number of aliphatic hydroxyl groups is 1. The fourth-order valence-electron chi connectivity index (χ4n) is 3.70. The number of nitrogens with one attached hydrogen (secondary N) is 1. The number of esters is 1. The van der Waals surface area contributed by atoms with Crippen LogP contribution in [0.25, 0.3) is 11.2 Å². The van der Waals surface area contributed by atoms with Gasteiger partial charge >= 0.3 is 13.7 Å². The molecule has 15 heteroatoms. The van der Waals surface area contributed by atoms with Crippen molar-refractivity contribution in [1.29, 1.82) is 0 Å². The van der Waals surface area contributed by atoms with Gasteiger partial charge in [-0.05, 0) is 39.8 Å². The molecule has 1 saturated heterocycles. The Morgan fingerprint density at radius 3 is 2.71 bits per heavy atom. The van der Waals surface area contributed by atoms with Crippen LogP contribution in [0.1, 0.15) is 32.8 Å². The van der Waals surface area contributed by atoms with Crippen LogP contribution in [0.2, 0.25) is 0 Å². The zero-order valence-corrected chi connectivity index (χ0v) is 22.7. The number of hydrogen-bond acceptors (Lipinski definition) is 10. The lowest BCUT2D eigenvalue weighted by Gasteiger charge is -2.25. The van der Waals surface area contributed by atoms with Crippen molar-refractivity contribution in [3.05, 3.63) is 48.7 Å². The summed E-state index contributed by atoms with van der Waals surface area (Å²) in [4.78, 5) is 24.7. The topological polar surface area (TPSA) is 147 Å². The number of aryl methyl sites for hydroxylation is 1. The molecule has 6 atom stereocenters. The van der Waals surface area contributed by atoms with E-state index in [9.17, 15) is 14.5 Å². The molecule has 12 nitrogen and oxygen atoms in total. The Balaban J connectivity index is 1.54. The number of halogens is 2. The molecular formula is C23H28ClFN5O7P. The number of rotatable bonds is 10. The lowest BCUT2D eigenvalue weighted by Crippen LogP contribution is -2.40. The van der Waals surface area contributed by atoms with Gasteiger partial charge < -0.3 is 19.1 Å². The summed E-state index contributed by atoms with van der Waals surface area (Å²) in [6.45, 7) is 5.80. The van der Waals surface area contributed by atoms with E-state index < -0.39 is 56.0 Å². The van der Waals surface area contributed by atoms with Crippen LogP contribution in [-0.2, 0) is 23.4 Å². The minimum Gasteiger partial charge on any atom is -0.462 e. The van der Waals surface area contributed by atoms with Crippen molar-refractivity contribution in [2.45, 2.75) is 63.4 Å². The predicted molar refractivity (Wildman–Crippen MR) is 134 cm³/mol. The zero-order valence-electron chi connectivity index (χ0n) is 21.0. The average molecular weight is 572 g/mol. The molecule has 1 aliphatic heterocycles. The minimum atomic E-state index is -4.29. The number of hydrogen-bond donors (Lipinski definition) is 2. The molecule has 0 saturated carbocycles. The van der Waals surface area contributed by atoms with Gasteiger partial charge in [0.25, 0.3) is 5.13 Å².